The Morgan fingerprint density at radius 2 is 1.94 bits per heavy atom. The van der Waals surface area contributed by atoms with Gasteiger partial charge < -0.3 is 10.1 Å². The minimum absolute atomic E-state index is 0.780. The van der Waals surface area contributed by atoms with Crippen LogP contribution in [0.2, 0.25) is 0 Å². The predicted molar refractivity (Wildman–Crippen MR) is 78.8 cm³/mol. The van der Waals surface area contributed by atoms with Crippen LogP contribution in [0.4, 0.5) is 0 Å². The van der Waals surface area contributed by atoms with E-state index >= 15 is 0 Å². The summed E-state index contributed by atoms with van der Waals surface area (Å²) in [7, 11) is 1.73. The maximum Gasteiger partial charge on any atom is 0.0587 e. The van der Waals surface area contributed by atoms with Crippen LogP contribution in [0.1, 0.15) is 30.9 Å². The molecule has 0 atom stereocenters. The zero-order chi connectivity index (χ0) is 13.1. The van der Waals surface area contributed by atoms with Crippen molar-refractivity contribution in [2.75, 3.05) is 26.8 Å². The van der Waals surface area contributed by atoms with Crippen LogP contribution in [-0.4, -0.2) is 26.8 Å². The molecule has 0 saturated heterocycles. The summed E-state index contributed by atoms with van der Waals surface area (Å²) < 4.78 is 4.97. The zero-order valence-corrected chi connectivity index (χ0v) is 11.6. The molecule has 100 valence electrons. The SMILES string of the molecule is CCCc1ccc(C=CCCNCCOC)cc1. The number of aryl methyl sites for hydroxylation is 1. The van der Waals surface area contributed by atoms with Crippen molar-refractivity contribution >= 4 is 6.08 Å². The highest BCUT2D eigenvalue weighted by atomic mass is 16.5. The van der Waals surface area contributed by atoms with Gasteiger partial charge >= 0.3 is 0 Å². The Kier molecular flexibility index (Phi) is 8.19. The molecule has 0 amide bonds. The Hall–Kier alpha value is -1.12. The van der Waals surface area contributed by atoms with Gasteiger partial charge in [-0.25, -0.2) is 0 Å². The van der Waals surface area contributed by atoms with Gasteiger partial charge in [-0.3, -0.25) is 0 Å². The van der Waals surface area contributed by atoms with E-state index < -0.39 is 0 Å². The van der Waals surface area contributed by atoms with Crippen LogP contribution in [0, 0.1) is 0 Å². The van der Waals surface area contributed by atoms with E-state index in [1.807, 2.05) is 0 Å². The molecule has 0 aliphatic heterocycles. The van der Waals surface area contributed by atoms with Gasteiger partial charge in [-0.1, -0.05) is 49.8 Å². The van der Waals surface area contributed by atoms with Crippen LogP contribution in [0.5, 0.6) is 0 Å². The zero-order valence-electron chi connectivity index (χ0n) is 11.6. The second-order valence-electron chi connectivity index (χ2n) is 4.43. The summed E-state index contributed by atoms with van der Waals surface area (Å²) in [6, 6.07) is 8.83. The smallest absolute Gasteiger partial charge is 0.0587 e. The van der Waals surface area contributed by atoms with Gasteiger partial charge in [-0.05, 0) is 30.5 Å². The van der Waals surface area contributed by atoms with Gasteiger partial charge in [0.2, 0.25) is 0 Å². The van der Waals surface area contributed by atoms with Gasteiger partial charge in [0.15, 0.2) is 0 Å². The van der Waals surface area contributed by atoms with Gasteiger partial charge in [-0.15, -0.1) is 0 Å². The van der Waals surface area contributed by atoms with Crippen LogP contribution in [-0.2, 0) is 11.2 Å². The highest BCUT2D eigenvalue weighted by Crippen LogP contribution is 2.08. The van der Waals surface area contributed by atoms with Crippen molar-refractivity contribution in [2.24, 2.45) is 0 Å². The predicted octanol–water partition coefficient (Wildman–Crippen LogP) is 3.28. The Morgan fingerprint density at radius 3 is 2.61 bits per heavy atom. The second-order valence-corrected chi connectivity index (χ2v) is 4.43. The summed E-state index contributed by atoms with van der Waals surface area (Å²) in [5, 5.41) is 3.32. The molecular formula is C16H25NO. The van der Waals surface area contributed by atoms with Crippen molar-refractivity contribution < 1.29 is 4.74 Å². The van der Waals surface area contributed by atoms with E-state index in [0.717, 1.165) is 26.1 Å². The van der Waals surface area contributed by atoms with Crippen LogP contribution < -0.4 is 5.32 Å². The molecule has 0 saturated carbocycles. The van der Waals surface area contributed by atoms with Gasteiger partial charge in [0.05, 0.1) is 6.61 Å². The van der Waals surface area contributed by atoms with Crippen LogP contribution in [0.25, 0.3) is 6.08 Å². The molecule has 1 rings (SSSR count). The van der Waals surface area contributed by atoms with Crippen molar-refractivity contribution in [3.63, 3.8) is 0 Å². The lowest BCUT2D eigenvalue weighted by molar-refractivity contribution is 0.199. The van der Waals surface area contributed by atoms with E-state index in [-0.39, 0.29) is 0 Å². The molecule has 2 heteroatoms. The van der Waals surface area contributed by atoms with Gasteiger partial charge in [0, 0.05) is 13.7 Å². The van der Waals surface area contributed by atoms with E-state index in [9.17, 15) is 0 Å². The average Bonchev–Trinajstić information content (AvgIpc) is 2.40. The minimum Gasteiger partial charge on any atom is -0.383 e. The Balaban J connectivity index is 2.20. The van der Waals surface area contributed by atoms with Crippen molar-refractivity contribution in [1.82, 2.24) is 5.32 Å². The molecule has 0 fully saturated rings. The lowest BCUT2D eigenvalue weighted by Crippen LogP contribution is -2.19. The fourth-order valence-electron chi connectivity index (χ4n) is 1.79. The number of ether oxygens (including phenoxy) is 1. The molecular weight excluding hydrogens is 222 g/mol. The quantitative estimate of drug-likeness (QED) is 0.676. The number of methoxy groups -OCH3 is 1. The maximum atomic E-state index is 4.97. The molecule has 0 radical (unpaired) electrons. The first-order chi connectivity index (χ1) is 8.86. The third-order valence-electron chi connectivity index (χ3n) is 2.80. The van der Waals surface area contributed by atoms with E-state index in [1.54, 1.807) is 7.11 Å². The van der Waals surface area contributed by atoms with E-state index in [4.69, 9.17) is 4.74 Å². The van der Waals surface area contributed by atoms with E-state index in [0.29, 0.717) is 0 Å². The lowest BCUT2D eigenvalue weighted by Gasteiger charge is -2.01. The molecule has 0 aliphatic carbocycles. The second kappa shape index (κ2) is 9.86. The third kappa shape index (κ3) is 6.58. The molecule has 0 heterocycles. The first-order valence-corrected chi connectivity index (χ1v) is 6.82. The molecule has 0 aromatic heterocycles. The standard InChI is InChI=1S/C16H25NO/c1-3-6-15-8-10-16(11-9-15)7-4-5-12-17-13-14-18-2/h4,7-11,17H,3,5-6,12-14H2,1-2H3. The normalized spacial score (nSPS) is 11.2. The maximum absolute atomic E-state index is 4.97. The molecule has 1 aromatic rings. The Labute approximate surface area is 111 Å². The number of hydrogen-bond acceptors (Lipinski definition) is 2. The molecule has 0 unspecified atom stereocenters. The van der Waals surface area contributed by atoms with Crippen molar-refractivity contribution in [3.05, 3.63) is 41.5 Å². The Morgan fingerprint density at radius 1 is 1.17 bits per heavy atom. The van der Waals surface area contributed by atoms with Crippen molar-refractivity contribution in [2.45, 2.75) is 26.2 Å². The fourth-order valence-corrected chi connectivity index (χ4v) is 1.79. The monoisotopic (exact) mass is 247 g/mol. The summed E-state index contributed by atoms with van der Waals surface area (Å²) in [6.07, 6.45) is 7.85. The first kappa shape index (κ1) is 14.9. The van der Waals surface area contributed by atoms with Crippen molar-refractivity contribution in [1.29, 1.82) is 0 Å². The van der Waals surface area contributed by atoms with E-state index in [1.165, 1.54) is 24.0 Å². The fraction of sp³-hybridized carbons (Fsp3) is 0.500. The Bertz CT molecular complexity index is 329. The average molecular weight is 247 g/mol. The lowest BCUT2D eigenvalue weighted by atomic mass is 10.1. The first-order valence-electron chi connectivity index (χ1n) is 6.82. The molecule has 1 N–H and O–H groups in total. The number of nitrogens with one attached hydrogen (secondary N) is 1. The molecule has 0 spiro atoms. The minimum atomic E-state index is 0.780. The van der Waals surface area contributed by atoms with Gasteiger partial charge in [0.25, 0.3) is 0 Å². The van der Waals surface area contributed by atoms with Gasteiger partial charge in [0.1, 0.15) is 0 Å². The number of rotatable bonds is 9. The summed E-state index contributed by atoms with van der Waals surface area (Å²) in [4.78, 5) is 0. The molecule has 0 aliphatic rings. The van der Waals surface area contributed by atoms with Crippen LogP contribution >= 0.6 is 0 Å². The summed E-state index contributed by atoms with van der Waals surface area (Å²) in [6.45, 7) is 4.93. The number of benzene rings is 1. The molecule has 1 aromatic carbocycles. The van der Waals surface area contributed by atoms with Crippen LogP contribution in [0.15, 0.2) is 30.3 Å². The summed E-state index contributed by atoms with van der Waals surface area (Å²) >= 11 is 0. The largest absolute Gasteiger partial charge is 0.383 e. The molecule has 2 nitrogen and oxygen atoms in total. The molecule has 18 heavy (non-hydrogen) atoms. The third-order valence-corrected chi connectivity index (χ3v) is 2.80. The molecule has 0 bridgehead atoms. The number of hydrogen-bond donors (Lipinski definition) is 1. The van der Waals surface area contributed by atoms with E-state index in [2.05, 4.69) is 48.7 Å². The van der Waals surface area contributed by atoms with Crippen LogP contribution in [0.3, 0.4) is 0 Å². The highest BCUT2D eigenvalue weighted by molar-refractivity contribution is 5.49. The summed E-state index contributed by atoms with van der Waals surface area (Å²) in [5.41, 5.74) is 2.71. The summed E-state index contributed by atoms with van der Waals surface area (Å²) in [5.74, 6) is 0. The highest BCUT2D eigenvalue weighted by Gasteiger charge is 1.91. The van der Waals surface area contributed by atoms with Gasteiger partial charge in [-0.2, -0.15) is 0 Å². The topological polar surface area (TPSA) is 21.3 Å². The van der Waals surface area contributed by atoms with Crippen molar-refractivity contribution in [3.8, 4) is 0 Å².